The van der Waals surface area contributed by atoms with Crippen molar-refractivity contribution in [2.75, 3.05) is 5.75 Å². The van der Waals surface area contributed by atoms with Gasteiger partial charge in [-0.25, -0.2) is 0 Å². The molecule has 0 fully saturated rings. The van der Waals surface area contributed by atoms with E-state index in [0.29, 0.717) is 0 Å². The fourth-order valence-electron chi connectivity index (χ4n) is 0.390. The second-order valence-corrected chi connectivity index (χ2v) is 2.74. The molecule has 0 aliphatic heterocycles. The normalized spacial score (nSPS) is 7.70. The summed E-state index contributed by atoms with van der Waals surface area (Å²) in [5.41, 5.74) is 0. The van der Waals surface area contributed by atoms with Crippen molar-refractivity contribution in [3.05, 3.63) is 0 Å². The third kappa shape index (κ3) is 8.80. The van der Waals surface area contributed by atoms with Gasteiger partial charge in [-0.15, -0.1) is 0 Å². The summed E-state index contributed by atoms with van der Waals surface area (Å²) in [4.78, 5) is 0. The molecular weight excluding hydrogens is 132 g/mol. The molecule has 0 amide bonds. The standard InChI is InChI=1S/C2H5B7S/c1-2-10-9-8-7-6-5-4-3/h2H2,1H3. The van der Waals surface area contributed by atoms with Crippen LogP contribution in [0.1, 0.15) is 6.92 Å². The van der Waals surface area contributed by atoms with Gasteiger partial charge in [0.1, 0.15) is 0 Å². The van der Waals surface area contributed by atoms with Gasteiger partial charge < -0.3 is 0 Å². The zero-order valence-electron chi connectivity index (χ0n) is 6.16. The van der Waals surface area contributed by atoms with E-state index in [1.165, 1.54) is 6.69 Å². The fourth-order valence-corrected chi connectivity index (χ4v) is 0.784. The average molecular weight is 137 g/mol. The fraction of sp³-hybridized carbons (Fsp3) is 1.00. The Morgan fingerprint density at radius 2 is 1.90 bits per heavy atom. The number of hydrogen-bond acceptors (Lipinski definition) is 1. The van der Waals surface area contributed by atoms with E-state index < -0.39 is 0 Å². The zero-order chi connectivity index (χ0) is 7.66. The monoisotopic (exact) mass is 138 g/mol. The third-order valence-electron chi connectivity index (χ3n) is 0.786. The predicted octanol–water partition coefficient (Wildman–Crippen LogP) is -1.46. The van der Waals surface area contributed by atoms with Crippen LogP contribution in [0.3, 0.4) is 0 Å². The van der Waals surface area contributed by atoms with Gasteiger partial charge in [0.15, 0.2) is 0 Å². The third-order valence-corrected chi connectivity index (χ3v) is 1.47. The van der Waals surface area contributed by atoms with E-state index >= 15 is 0 Å². The van der Waals surface area contributed by atoms with Crippen molar-refractivity contribution in [1.82, 2.24) is 0 Å². The molecule has 0 atom stereocenters. The molecule has 0 saturated carbocycles. The minimum atomic E-state index is 1.12. The molecule has 0 bridgehead atoms. The van der Waals surface area contributed by atoms with E-state index in [0.717, 1.165) is 5.75 Å². The summed E-state index contributed by atoms with van der Waals surface area (Å²) >= 11 is 1.78. The van der Waals surface area contributed by atoms with Crippen LogP contribution in [0.4, 0.5) is 0 Å². The van der Waals surface area contributed by atoms with E-state index in [9.17, 15) is 0 Å². The van der Waals surface area contributed by atoms with Gasteiger partial charge in [-0.1, -0.05) is 0 Å². The Bertz CT molecular complexity index is 139. The van der Waals surface area contributed by atoms with Crippen LogP contribution < -0.4 is 0 Å². The molecule has 2 radical (unpaired) electrons. The maximum absolute atomic E-state index is 5.11. The van der Waals surface area contributed by atoms with Crippen LogP contribution in [-0.2, 0) is 0 Å². The van der Waals surface area contributed by atoms with Gasteiger partial charge >= 0.3 is 71.6 Å². The molecule has 0 N–H and O–H groups in total. The number of rotatable bonds is 4. The summed E-state index contributed by atoms with van der Waals surface area (Å²) in [6.07, 6.45) is 2.06. The summed E-state index contributed by atoms with van der Waals surface area (Å²) in [5.74, 6) is 1.12. The molecule has 0 unspecified atom stereocenters. The molecule has 0 aromatic carbocycles. The molecular formula is C2H5B7S. The van der Waals surface area contributed by atoms with Crippen LogP contribution in [0.2, 0.25) is 0 Å². The first-order valence-corrected chi connectivity index (χ1v) is 4.28. The quantitative estimate of drug-likeness (QED) is 0.426. The van der Waals surface area contributed by atoms with Crippen LogP contribution in [-0.4, -0.2) is 53.0 Å². The molecule has 0 aliphatic carbocycles. The molecule has 0 aromatic rings. The van der Waals surface area contributed by atoms with Gasteiger partial charge in [-0.05, 0) is 0 Å². The van der Waals surface area contributed by atoms with Gasteiger partial charge in [0.05, 0.1) is 0 Å². The van der Waals surface area contributed by atoms with E-state index in [1.807, 2.05) is 20.1 Å². The minimum absolute atomic E-state index is 1.12. The first-order valence-electron chi connectivity index (χ1n) is 3.23. The SMILES string of the molecule is [B]B=BB=BB=BSCC. The van der Waals surface area contributed by atoms with Crippen molar-refractivity contribution in [2.24, 2.45) is 0 Å². The van der Waals surface area contributed by atoms with E-state index in [4.69, 9.17) is 7.74 Å². The Labute approximate surface area is 71.9 Å². The predicted molar refractivity (Wildman–Crippen MR) is 58.4 cm³/mol. The van der Waals surface area contributed by atoms with Crippen LogP contribution >= 0.6 is 11.6 Å². The van der Waals surface area contributed by atoms with Crippen LogP contribution in [0, 0.1) is 0 Å². The molecule has 8 heteroatoms. The molecule has 40 valence electrons. The molecule has 10 heavy (non-hydrogen) atoms. The number of hydrogen-bond donors (Lipinski definition) is 0. The molecule has 0 heterocycles. The zero-order valence-corrected chi connectivity index (χ0v) is 6.97. The first-order chi connectivity index (χ1) is 4.91. The first kappa shape index (κ1) is 10.8. The Hall–Kier alpha value is 0.805. The summed E-state index contributed by atoms with van der Waals surface area (Å²) in [5, 5.41) is 0. The van der Waals surface area contributed by atoms with Gasteiger partial charge in [-0.2, -0.15) is 0 Å². The molecule has 0 saturated heterocycles. The van der Waals surface area contributed by atoms with Crippen molar-refractivity contribution in [2.45, 2.75) is 6.92 Å². The van der Waals surface area contributed by atoms with Crippen molar-refractivity contribution >= 4 is 58.9 Å². The summed E-state index contributed by atoms with van der Waals surface area (Å²) in [6, 6.07) is 0. The van der Waals surface area contributed by atoms with Crippen LogP contribution in [0.15, 0.2) is 0 Å². The average Bonchev–Trinajstić information content (AvgIpc) is 1.97. The van der Waals surface area contributed by atoms with Crippen molar-refractivity contribution < 1.29 is 0 Å². The van der Waals surface area contributed by atoms with Crippen molar-refractivity contribution in [1.29, 1.82) is 0 Å². The van der Waals surface area contributed by atoms with E-state index in [2.05, 4.69) is 13.0 Å². The van der Waals surface area contributed by atoms with E-state index in [1.54, 1.807) is 18.3 Å². The Balaban J connectivity index is 3.32. The van der Waals surface area contributed by atoms with E-state index in [-0.39, 0.29) is 0 Å². The molecule has 0 spiro atoms. The Morgan fingerprint density at radius 1 is 1.20 bits per heavy atom. The molecule has 0 rings (SSSR count). The summed E-state index contributed by atoms with van der Waals surface area (Å²) in [6.45, 7) is 11.3. The topological polar surface area (TPSA) is 0 Å². The maximum atomic E-state index is 5.11. The molecule has 0 aromatic heterocycles. The van der Waals surface area contributed by atoms with Gasteiger partial charge in [0, 0.05) is 0 Å². The van der Waals surface area contributed by atoms with Crippen molar-refractivity contribution in [3.8, 4) is 0 Å². The second kappa shape index (κ2) is 9.80. The summed E-state index contributed by atoms with van der Waals surface area (Å²) in [7, 11) is 5.11. The van der Waals surface area contributed by atoms with Crippen LogP contribution in [0.5, 0.6) is 0 Å². The van der Waals surface area contributed by atoms with Gasteiger partial charge in [0.25, 0.3) is 0 Å². The Morgan fingerprint density at radius 3 is 2.50 bits per heavy atom. The van der Waals surface area contributed by atoms with Crippen LogP contribution in [0.25, 0.3) is 0 Å². The van der Waals surface area contributed by atoms with Gasteiger partial charge in [-0.3, -0.25) is 0 Å². The van der Waals surface area contributed by atoms with Crippen molar-refractivity contribution in [3.63, 3.8) is 0 Å². The molecule has 0 aliphatic rings. The van der Waals surface area contributed by atoms with Gasteiger partial charge in [0.2, 0.25) is 0 Å². The molecule has 0 nitrogen and oxygen atoms in total. The Kier molecular flexibility index (Phi) is 10.6. The second-order valence-electron chi connectivity index (χ2n) is 1.55. The summed E-state index contributed by atoms with van der Waals surface area (Å²) < 4.78 is 0.